The Hall–Kier alpha value is -0.900. The molecule has 3 nitrogen and oxygen atoms in total. The van der Waals surface area contributed by atoms with Crippen molar-refractivity contribution in [2.45, 2.75) is 46.6 Å². The summed E-state index contributed by atoms with van der Waals surface area (Å²) in [6.45, 7) is 8.47. The molecule has 0 fully saturated rings. The zero-order chi connectivity index (χ0) is 13.5. The minimum atomic E-state index is 0.0344. The SMILES string of the molecule is CC(C)n1ncc(Br)c1C1=CC(=O)CC(C)(C)C1. The minimum Gasteiger partial charge on any atom is -0.295 e. The van der Waals surface area contributed by atoms with E-state index in [1.54, 1.807) is 6.08 Å². The maximum absolute atomic E-state index is 11.9. The van der Waals surface area contributed by atoms with E-state index in [2.05, 4.69) is 48.7 Å². The summed E-state index contributed by atoms with van der Waals surface area (Å²) in [6, 6.07) is 0.285. The molecule has 98 valence electrons. The molecule has 0 radical (unpaired) electrons. The summed E-state index contributed by atoms with van der Waals surface area (Å²) in [6.07, 6.45) is 5.13. The third-order valence-electron chi connectivity index (χ3n) is 3.20. The standard InChI is InChI=1S/C14H19BrN2O/c1-9(2)17-13(12(15)8-16-17)10-5-11(18)7-14(3,4)6-10/h5,8-9H,6-7H2,1-4H3. The van der Waals surface area contributed by atoms with E-state index in [0.717, 1.165) is 22.2 Å². The summed E-state index contributed by atoms with van der Waals surface area (Å²) in [7, 11) is 0. The number of carbonyl (C=O) groups is 1. The smallest absolute Gasteiger partial charge is 0.156 e. The molecule has 0 N–H and O–H groups in total. The third kappa shape index (κ3) is 2.58. The number of rotatable bonds is 2. The monoisotopic (exact) mass is 310 g/mol. The van der Waals surface area contributed by atoms with Crippen LogP contribution in [0.15, 0.2) is 16.7 Å². The first-order valence-electron chi connectivity index (χ1n) is 6.27. The van der Waals surface area contributed by atoms with Crippen LogP contribution in [0.4, 0.5) is 0 Å². The molecule has 0 unspecified atom stereocenters. The van der Waals surface area contributed by atoms with Crippen molar-refractivity contribution < 1.29 is 4.79 Å². The second kappa shape index (κ2) is 4.65. The first kappa shape index (κ1) is 13.5. The first-order chi connectivity index (χ1) is 8.30. The van der Waals surface area contributed by atoms with E-state index in [-0.39, 0.29) is 17.2 Å². The lowest BCUT2D eigenvalue weighted by Crippen LogP contribution is -2.22. The van der Waals surface area contributed by atoms with Gasteiger partial charge in [-0.05, 0) is 53.3 Å². The summed E-state index contributed by atoms with van der Waals surface area (Å²) in [5.74, 6) is 0.213. The summed E-state index contributed by atoms with van der Waals surface area (Å²) in [5, 5.41) is 4.38. The molecular weight excluding hydrogens is 292 g/mol. The zero-order valence-corrected chi connectivity index (χ0v) is 12.9. The first-order valence-corrected chi connectivity index (χ1v) is 7.06. The molecule has 1 aromatic heterocycles. The number of halogens is 1. The normalized spacial score (nSPS) is 19.2. The quantitative estimate of drug-likeness (QED) is 0.827. The van der Waals surface area contributed by atoms with Crippen LogP contribution in [-0.2, 0) is 4.79 Å². The molecule has 0 spiro atoms. The van der Waals surface area contributed by atoms with Gasteiger partial charge in [0.25, 0.3) is 0 Å². The highest BCUT2D eigenvalue weighted by Crippen LogP contribution is 2.40. The molecule has 0 saturated carbocycles. The van der Waals surface area contributed by atoms with Gasteiger partial charge in [0, 0.05) is 12.5 Å². The Balaban J connectivity index is 2.49. The Morgan fingerprint density at radius 1 is 1.39 bits per heavy atom. The van der Waals surface area contributed by atoms with E-state index in [1.165, 1.54) is 0 Å². The lowest BCUT2D eigenvalue weighted by atomic mass is 9.76. The maximum atomic E-state index is 11.9. The number of ketones is 1. The van der Waals surface area contributed by atoms with Gasteiger partial charge in [0.1, 0.15) is 0 Å². The van der Waals surface area contributed by atoms with Crippen LogP contribution < -0.4 is 0 Å². The second-order valence-electron chi connectivity index (χ2n) is 6.03. The van der Waals surface area contributed by atoms with Crippen molar-refractivity contribution >= 4 is 27.3 Å². The van der Waals surface area contributed by atoms with Crippen LogP contribution in [0, 0.1) is 5.41 Å². The largest absolute Gasteiger partial charge is 0.295 e. The lowest BCUT2D eigenvalue weighted by Gasteiger charge is -2.29. The number of carbonyl (C=O) groups excluding carboxylic acids is 1. The predicted octanol–water partition coefficient (Wildman–Crippen LogP) is 4.00. The fraction of sp³-hybridized carbons (Fsp3) is 0.571. The van der Waals surface area contributed by atoms with E-state index in [1.807, 2.05) is 10.9 Å². The van der Waals surface area contributed by atoms with Crippen molar-refractivity contribution in [1.29, 1.82) is 0 Å². The Morgan fingerprint density at radius 3 is 2.61 bits per heavy atom. The molecule has 0 bridgehead atoms. The van der Waals surface area contributed by atoms with Gasteiger partial charge in [0.15, 0.2) is 5.78 Å². The topological polar surface area (TPSA) is 34.9 Å². The van der Waals surface area contributed by atoms with E-state index in [0.29, 0.717) is 6.42 Å². The highest BCUT2D eigenvalue weighted by molar-refractivity contribution is 9.10. The van der Waals surface area contributed by atoms with Crippen LogP contribution in [0.25, 0.3) is 5.57 Å². The molecule has 0 aromatic carbocycles. The number of allylic oxidation sites excluding steroid dienone is 2. The Bertz CT molecular complexity index is 512. The van der Waals surface area contributed by atoms with Crippen LogP contribution in [0.5, 0.6) is 0 Å². The molecule has 1 heterocycles. The number of nitrogens with zero attached hydrogens (tertiary/aromatic N) is 2. The molecular formula is C14H19BrN2O. The molecule has 0 amide bonds. The van der Waals surface area contributed by atoms with Crippen molar-refractivity contribution in [2.75, 3.05) is 0 Å². The molecule has 2 rings (SSSR count). The van der Waals surface area contributed by atoms with Crippen LogP contribution in [0.1, 0.15) is 52.3 Å². The van der Waals surface area contributed by atoms with Crippen LogP contribution in [0.2, 0.25) is 0 Å². The van der Waals surface area contributed by atoms with Gasteiger partial charge < -0.3 is 0 Å². The van der Waals surface area contributed by atoms with E-state index < -0.39 is 0 Å². The van der Waals surface area contributed by atoms with Crippen molar-refractivity contribution in [3.8, 4) is 0 Å². The molecule has 0 saturated heterocycles. The van der Waals surface area contributed by atoms with Gasteiger partial charge in [0.2, 0.25) is 0 Å². The van der Waals surface area contributed by atoms with Crippen molar-refractivity contribution in [1.82, 2.24) is 9.78 Å². The zero-order valence-electron chi connectivity index (χ0n) is 11.3. The Morgan fingerprint density at radius 2 is 2.06 bits per heavy atom. The molecule has 1 aliphatic rings. The maximum Gasteiger partial charge on any atom is 0.156 e. The fourth-order valence-electron chi connectivity index (χ4n) is 2.53. The predicted molar refractivity (Wildman–Crippen MR) is 76.3 cm³/mol. The fourth-order valence-corrected chi connectivity index (χ4v) is 3.06. The molecule has 4 heteroatoms. The molecule has 18 heavy (non-hydrogen) atoms. The van der Waals surface area contributed by atoms with Crippen molar-refractivity contribution in [3.63, 3.8) is 0 Å². The van der Waals surface area contributed by atoms with Crippen LogP contribution in [0.3, 0.4) is 0 Å². The van der Waals surface area contributed by atoms with Crippen molar-refractivity contribution in [3.05, 3.63) is 22.4 Å². The summed E-state index contributed by atoms with van der Waals surface area (Å²) < 4.78 is 2.94. The van der Waals surface area contributed by atoms with Crippen LogP contribution >= 0.6 is 15.9 Å². The molecule has 1 aromatic rings. The second-order valence-corrected chi connectivity index (χ2v) is 6.89. The van der Waals surface area contributed by atoms with Crippen molar-refractivity contribution in [2.24, 2.45) is 5.41 Å². The number of aromatic nitrogens is 2. The Kier molecular flexibility index (Phi) is 3.49. The molecule has 0 atom stereocenters. The van der Waals surface area contributed by atoms with Gasteiger partial charge in [-0.25, -0.2) is 0 Å². The van der Waals surface area contributed by atoms with Gasteiger partial charge in [-0.15, -0.1) is 0 Å². The molecule has 0 aliphatic heterocycles. The minimum absolute atomic E-state index is 0.0344. The van der Waals surface area contributed by atoms with E-state index in [4.69, 9.17) is 0 Å². The van der Waals surface area contributed by atoms with E-state index >= 15 is 0 Å². The number of hydrogen-bond acceptors (Lipinski definition) is 2. The lowest BCUT2D eigenvalue weighted by molar-refractivity contribution is -0.116. The highest BCUT2D eigenvalue weighted by atomic mass is 79.9. The van der Waals surface area contributed by atoms with Gasteiger partial charge in [-0.2, -0.15) is 5.10 Å². The van der Waals surface area contributed by atoms with Gasteiger partial charge in [0.05, 0.1) is 16.4 Å². The highest BCUT2D eigenvalue weighted by Gasteiger charge is 2.30. The van der Waals surface area contributed by atoms with Gasteiger partial charge >= 0.3 is 0 Å². The van der Waals surface area contributed by atoms with Gasteiger partial charge in [-0.1, -0.05) is 13.8 Å². The van der Waals surface area contributed by atoms with Gasteiger partial charge in [-0.3, -0.25) is 9.48 Å². The summed E-state index contributed by atoms with van der Waals surface area (Å²) >= 11 is 3.54. The summed E-state index contributed by atoms with van der Waals surface area (Å²) in [4.78, 5) is 11.9. The van der Waals surface area contributed by atoms with Crippen LogP contribution in [-0.4, -0.2) is 15.6 Å². The van der Waals surface area contributed by atoms with E-state index in [9.17, 15) is 4.79 Å². The third-order valence-corrected chi connectivity index (χ3v) is 3.78. The average molecular weight is 311 g/mol. The summed E-state index contributed by atoms with van der Waals surface area (Å²) in [5.41, 5.74) is 2.17. The Labute approximate surface area is 116 Å². The number of hydrogen-bond donors (Lipinski definition) is 0. The average Bonchev–Trinajstić information content (AvgIpc) is 2.56. The molecule has 1 aliphatic carbocycles.